The molecule has 1 amide bonds. The van der Waals surface area contributed by atoms with E-state index in [1.54, 1.807) is 15.8 Å². The first-order chi connectivity index (χ1) is 11.5. The van der Waals surface area contributed by atoms with Gasteiger partial charge in [0.1, 0.15) is 6.54 Å². The second-order valence-electron chi connectivity index (χ2n) is 6.77. The van der Waals surface area contributed by atoms with Gasteiger partial charge in [-0.15, -0.1) is 0 Å². The lowest BCUT2D eigenvalue weighted by atomic mass is 9.92. The normalized spacial score (nSPS) is 21.0. The molecule has 0 spiro atoms. The van der Waals surface area contributed by atoms with Crippen molar-refractivity contribution in [1.29, 1.82) is 0 Å². The molecule has 0 aliphatic carbocycles. The van der Waals surface area contributed by atoms with Crippen LogP contribution in [0.25, 0.3) is 11.0 Å². The summed E-state index contributed by atoms with van der Waals surface area (Å²) in [5.74, 6) is 0.443. The van der Waals surface area contributed by atoms with Crippen molar-refractivity contribution in [3.05, 3.63) is 30.6 Å². The maximum atomic E-state index is 12.2. The van der Waals surface area contributed by atoms with Gasteiger partial charge in [0, 0.05) is 13.1 Å². The van der Waals surface area contributed by atoms with E-state index in [1.807, 2.05) is 24.3 Å². The lowest BCUT2D eigenvalue weighted by Crippen LogP contribution is -2.44. The molecule has 2 heterocycles. The molecule has 6 nitrogen and oxygen atoms in total. The molecule has 1 aromatic carbocycles. The minimum Gasteiger partial charge on any atom is -0.454 e. The average Bonchev–Trinajstić information content (AvgIpc) is 2.95. The summed E-state index contributed by atoms with van der Waals surface area (Å²) in [6, 6.07) is 7.59. The molecular formula is C18H23N3O3. The minimum absolute atomic E-state index is 0.0561. The summed E-state index contributed by atoms with van der Waals surface area (Å²) in [4.78, 5) is 30.3. The van der Waals surface area contributed by atoms with Gasteiger partial charge in [-0.05, 0) is 30.4 Å². The van der Waals surface area contributed by atoms with E-state index < -0.39 is 5.97 Å². The molecule has 24 heavy (non-hydrogen) atoms. The topological polar surface area (TPSA) is 64.4 Å². The molecule has 6 heteroatoms. The van der Waals surface area contributed by atoms with Gasteiger partial charge in [-0.3, -0.25) is 9.59 Å². The highest BCUT2D eigenvalue weighted by Crippen LogP contribution is 2.21. The average molecular weight is 329 g/mol. The van der Waals surface area contributed by atoms with Crippen LogP contribution in [0.4, 0.5) is 0 Å². The van der Waals surface area contributed by atoms with Crippen molar-refractivity contribution in [1.82, 2.24) is 14.5 Å². The van der Waals surface area contributed by atoms with Gasteiger partial charge in [-0.2, -0.15) is 0 Å². The van der Waals surface area contributed by atoms with Gasteiger partial charge in [-0.1, -0.05) is 26.0 Å². The van der Waals surface area contributed by atoms with E-state index >= 15 is 0 Å². The van der Waals surface area contributed by atoms with Crippen LogP contribution in [0.3, 0.4) is 0 Å². The zero-order chi connectivity index (χ0) is 17.1. The number of benzene rings is 1. The molecule has 0 radical (unpaired) electrons. The Labute approximate surface area is 141 Å². The van der Waals surface area contributed by atoms with E-state index in [4.69, 9.17) is 4.74 Å². The van der Waals surface area contributed by atoms with Gasteiger partial charge in [0.05, 0.1) is 17.4 Å². The van der Waals surface area contributed by atoms with E-state index in [-0.39, 0.29) is 19.1 Å². The minimum atomic E-state index is -0.426. The number of carbonyl (C=O) groups is 2. The Morgan fingerprint density at radius 1 is 1.21 bits per heavy atom. The lowest BCUT2D eigenvalue weighted by molar-refractivity contribution is -0.153. The second-order valence-corrected chi connectivity index (χ2v) is 6.77. The Bertz CT molecular complexity index is 730. The summed E-state index contributed by atoms with van der Waals surface area (Å²) in [5.41, 5.74) is 1.71. The summed E-state index contributed by atoms with van der Waals surface area (Å²) in [6.07, 6.45) is 2.75. The van der Waals surface area contributed by atoms with Crippen LogP contribution in [0.2, 0.25) is 0 Å². The molecule has 2 aromatic rings. The third-order valence-corrected chi connectivity index (χ3v) is 4.41. The molecule has 3 rings (SSSR count). The first-order valence-corrected chi connectivity index (χ1v) is 8.36. The Morgan fingerprint density at radius 3 is 2.67 bits per heavy atom. The molecular weight excluding hydrogens is 306 g/mol. The van der Waals surface area contributed by atoms with Gasteiger partial charge >= 0.3 is 5.97 Å². The van der Waals surface area contributed by atoms with E-state index in [0.29, 0.717) is 11.8 Å². The maximum Gasteiger partial charge on any atom is 0.326 e. The number of carbonyl (C=O) groups excluding carboxylic acids is 2. The fraction of sp³-hybridized carbons (Fsp3) is 0.500. The third kappa shape index (κ3) is 3.75. The van der Waals surface area contributed by atoms with Crippen LogP contribution in [0.15, 0.2) is 30.6 Å². The molecule has 0 bridgehead atoms. The van der Waals surface area contributed by atoms with E-state index in [0.717, 1.165) is 30.5 Å². The molecule has 128 valence electrons. The van der Waals surface area contributed by atoms with Crippen LogP contribution >= 0.6 is 0 Å². The number of likely N-dealkylation sites (tertiary alicyclic amines) is 1. The Hall–Kier alpha value is -2.37. The summed E-state index contributed by atoms with van der Waals surface area (Å²) in [5, 5.41) is 0. The van der Waals surface area contributed by atoms with Crippen LogP contribution < -0.4 is 0 Å². The Morgan fingerprint density at radius 2 is 1.92 bits per heavy atom. The molecule has 1 aliphatic heterocycles. The van der Waals surface area contributed by atoms with Crippen molar-refractivity contribution in [2.45, 2.75) is 26.8 Å². The van der Waals surface area contributed by atoms with Gasteiger partial charge in [0.15, 0.2) is 6.61 Å². The number of amides is 1. The smallest absolute Gasteiger partial charge is 0.326 e. The first-order valence-electron chi connectivity index (χ1n) is 8.36. The van der Waals surface area contributed by atoms with Crippen molar-refractivity contribution >= 4 is 22.9 Å². The fourth-order valence-corrected chi connectivity index (χ4v) is 3.42. The molecule has 1 aliphatic rings. The highest BCUT2D eigenvalue weighted by molar-refractivity contribution is 5.82. The van der Waals surface area contributed by atoms with Crippen LogP contribution in [0, 0.1) is 11.8 Å². The van der Waals surface area contributed by atoms with Crippen LogP contribution in [-0.2, 0) is 20.9 Å². The zero-order valence-corrected chi connectivity index (χ0v) is 14.1. The van der Waals surface area contributed by atoms with Gasteiger partial charge in [0.2, 0.25) is 0 Å². The van der Waals surface area contributed by atoms with Gasteiger partial charge in [0.25, 0.3) is 5.91 Å². The quantitative estimate of drug-likeness (QED) is 0.806. The molecule has 2 atom stereocenters. The standard InChI is InChI=1S/C18H23N3O3/c1-13-7-14(2)9-20(8-13)17(22)11-24-18(23)10-21-12-19-15-5-3-4-6-16(15)21/h3-6,12-14H,7-11H2,1-2H3/t13-,14-/m1/s1. The molecule has 1 fully saturated rings. The van der Waals surface area contributed by atoms with Crippen LogP contribution in [0.1, 0.15) is 20.3 Å². The molecule has 1 aromatic heterocycles. The van der Waals surface area contributed by atoms with Crippen LogP contribution in [0.5, 0.6) is 0 Å². The number of ether oxygens (including phenoxy) is 1. The summed E-state index contributed by atoms with van der Waals surface area (Å²) < 4.78 is 6.90. The van der Waals surface area contributed by atoms with Crippen molar-refractivity contribution in [2.24, 2.45) is 11.8 Å². The van der Waals surface area contributed by atoms with Crippen molar-refractivity contribution in [2.75, 3.05) is 19.7 Å². The number of hydrogen-bond donors (Lipinski definition) is 0. The SMILES string of the molecule is C[C@@H]1C[C@@H](C)CN(C(=O)COC(=O)Cn2cnc3ccccc32)C1. The summed E-state index contributed by atoms with van der Waals surface area (Å²) in [7, 11) is 0. The van der Waals surface area contributed by atoms with Crippen molar-refractivity contribution < 1.29 is 14.3 Å². The maximum absolute atomic E-state index is 12.2. The molecule has 0 N–H and O–H groups in total. The number of esters is 1. The number of para-hydroxylation sites is 2. The first kappa shape index (κ1) is 16.5. The van der Waals surface area contributed by atoms with E-state index in [1.165, 1.54) is 0 Å². The summed E-state index contributed by atoms with van der Waals surface area (Å²) >= 11 is 0. The van der Waals surface area contributed by atoms with E-state index in [9.17, 15) is 9.59 Å². The largest absolute Gasteiger partial charge is 0.454 e. The third-order valence-electron chi connectivity index (χ3n) is 4.41. The summed E-state index contributed by atoms with van der Waals surface area (Å²) in [6.45, 7) is 5.64. The number of piperidine rings is 1. The van der Waals surface area contributed by atoms with E-state index in [2.05, 4.69) is 18.8 Å². The monoisotopic (exact) mass is 329 g/mol. The van der Waals surface area contributed by atoms with Gasteiger partial charge < -0.3 is 14.2 Å². The molecule has 1 saturated heterocycles. The molecule has 0 saturated carbocycles. The highest BCUT2D eigenvalue weighted by atomic mass is 16.5. The zero-order valence-electron chi connectivity index (χ0n) is 14.1. The fourth-order valence-electron chi connectivity index (χ4n) is 3.42. The number of aromatic nitrogens is 2. The number of nitrogens with zero attached hydrogens (tertiary/aromatic N) is 3. The number of imidazole rings is 1. The van der Waals surface area contributed by atoms with Crippen molar-refractivity contribution in [3.63, 3.8) is 0 Å². The Balaban J connectivity index is 1.53. The molecule has 0 unspecified atom stereocenters. The number of rotatable bonds is 4. The van der Waals surface area contributed by atoms with Gasteiger partial charge in [-0.25, -0.2) is 4.98 Å². The predicted octanol–water partition coefficient (Wildman–Crippen LogP) is 2.08. The highest BCUT2D eigenvalue weighted by Gasteiger charge is 2.25. The Kier molecular flexibility index (Phi) is 4.83. The lowest BCUT2D eigenvalue weighted by Gasteiger charge is -2.34. The number of hydrogen-bond acceptors (Lipinski definition) is 4. The number of fused-ring (bicyclic) bond motifs is 1. The second kappa shape index (κ2) is 7.03. The predicted molar refractivity (Wildman–Crippen MR) is 90.2 cm³/mol. The van der Waals surface area contributed by atoms with Crippen molar-refractivity contribution in [3.8, 4) is 0 Å². The van der Waals surface area contributed by atoms with Crippen LogP contribution in [-0.4, -0.2) is 46.0 Å².